The molecule has 0 saturated carbocycles. The Morgan fingerprint density at radius 1 is 1.12 bits per heavy atom. The number of para-hydroxylation sites is 1. The van der Waals surface area contributed by atoms with Crippen LogP contribution in [0.5, 0.6) is 0 Å². The van der Waals surface area contributed by atoms with Crippen LogP contribution in [0.1, 0.15) is 29.8 Å². The Hall–Kier alpha value is -2.61. The maximum atomic E-state index is 12.9. The summed E-state index contributed by atoms with van der Waals surface area (Å²) in [6.07, 6.45) is 3.44. The zero-order chi connectivity index (χ0) is 24.0. The highest BCUT2D eigenvalue weighted by Crippen LogP contribution is 2.26. The smallest absolute Gasteiger partial charge is 0.187 e. The molecule has 1 atom stereocenters. The predicted molar refractivity (Wildman–Crippen MR) is 140 cm³/mol. The van der Waals surface area contributed by atoms with Crippen molar-refractivity contribution in [3.63, 3.8) is 0 Å². The van der Waals surface area contributed by atoms with Crippen LogP contribution in [0.4, 0.5) is 11.4 Å². The molecule has 3 aromatic carbocycles. The number of ether oxygens (including phenoxy) is 2. The molecule has 1 fully saturated rings. The number of ketones is 1. The van der Waals surface area contributed by atoms with Gasteiger partial charge in [-0.25, -0.2) is 0 Å². The van der Waals surface area contributed by atoms with E-state index in [1.54, 1.807) is 36.2 Å². The van der Waals surface area contributed by atoms with E-state index in [1.807, 2.05) is 74.5 Å². The van der Waals surface area contributed by atoms with E-state index >= 15 is 0 Å². The number of anilines is 2. The van der Waals surface area contributed by atoms with E-state index in [-0.39, 0.29) is 11.9 Å². The van der Waals surface area contributed by atoms with E-state index < -0.39 is 5.79 Å². The summed E-state index contributed by atoms with van der Waals surface area (Å²) < 4.78 is 14.7. The summed E-state index contributed by atoms with van der Waals surface area (Å²) in [6, 6.07) is 22.9. The van der Waals surface area contributed by atoms with Gasteiger partial charge in [0.05, 0.1) is 18.4 Å². The Kier molecular flexibility index (Phi) is 8.08. The van der Waals surface area contributed by atoms with Gasteiger partial charge in [-0.3, -0.25) is 9.52 Å². The monoisotopic (exact) mass is 494 g/mol. The van der Waals surface area contributed by atoms with Crippen molar-refractivity contribution in [1.82, 2.24) is 4.72 Å². The second-order valence-electron chi connectivity index (χ2n) is 8.35. The molecule has 1 aliphatic rings. The molecule has 5 nitrogen and oxygen atoms in total. The minimum atomic E-state index is -0.507. The highest BCUT2D eigenvalue weighted by Gasteiger charge is 2.32. The molecule has 34 heavy (non-hydrogen) atoms. The lowest BCUT2D eigenvalue weighted by atomic mass is 10.1. The molecular weight excluding hydrogens is 468 g/mol. The minimum Gasteiger partial charge on any atom is -0.355 e. The van der Waals surface area contributed by atoms with Crippen LogP contribution in [-0.2, 0) is 9.47 Å². The van der Waals surface area contributed by atoms with Crippen LogP contribution in [0.3, 0.4) is 0 Å². The second-order valence-corrected chi connectivity index (χ2v) is 9.75. The van der Waals surface area contributed by atoms with Gasteiger partial charge in [0, 0.05) is 27.7 Å². The van der Waals surface area contributed by atoms with E-state index in [1.165, 1.54) is 0 Å². The van der Waals surface area contributed by atoms with Crippen LogP contribution in [0, 0.1) is 0 Å². The van der Waals surface area contributed by atoms with Crippen LogP contribution < -0.4 is 10.0 Å². The van der Waals surface area contributed by atoms with Gasteiger partial charge in [0.1, 0.15) is 0 Å². The van der Waals surface area contributed by atoms with Crippen molar-refractivity contribution in [3.05, 3.63) is 95.0 Å². The number of nitrogens with one attached hydrogen (secondary N) is 2. The highest BCUT2D eigenvalue weighted by atomic mass is 35.5. The van der Waals surface area contributed by atoms with Crippen molar-refractivity contribution >= 4 is 46.8 Å². The van der Waals surface area contributed by atoms with Gasteiger partial charge in [-0.1, -0.05) is 48.0 Å². The van der Waals surface area contributed by atoms with E-state index in [4.69, 9.17) is 21.1 Å². The first-order chi connectivity index (χ1) is 16.4. The first-order valence-electron chi connectivity index (χ1n) is 11.0. The zero-order valence-corrected chi connectivity index (χ0v) is 20.7. The lowest BCUT2D eigenvalue weighted by Crippen LogP contribution is -2.27. The van der Waals surface area contributed by atoms with Crippen LogP contribution >= 0.6 is 23.5 Å². The van der Waals surface area contributed by atoms with Crippen molar-refractivity contribution in [2.75, 3.05) is 18.5 Å². The molecule has 1 unspecified atom stereocenters. The van der Waals surface area contributed by atoms with Crippen molar-refractivity contribution in [2.24, 2.45) is 0 Å². The van der Waals surface area contributed by atoms with Gasteiger partial charge in [0.15, 0.2) is 11.6 Å². The van der Waals surface area contributed by atoms with Crippen molar-refractivity contribution in [3.8, 4) is 0 Å². The molecule has 0 bridgehead atoms. The van der Waals surface area contributed by atoms with Gasteiger partial charge in [-0.05, 0) is 79.9 Å². The molecule has 0 amide bonds. The quantitative estimate of drug-likeness (QED) is 0.195. The number of allylic oxidation sites excluding steroid dienone is 1. The Morgan fingerprint density at radius 3 is 2.59 bits per heavy atom. The molecule has 1 heterocycles. The van der Waals surface area contributed by atoms with Crippen LogP contribution in [-0.4, -0.2) is 30.8 Å². The lowest BCUT2D eigenvalue weighted by Gasteiger charge is -2.17. The molecule has 0 spiro atoms. The zero-order valence-electron chi connectivity index (χ0n) is 19.1. The van der Waals surface area contributed by atoms with Crippen LogP contribution in [0.25, 0.3) is 6.08 Å². The highest BCUT2D eigenvalue weighted by molar-refractivity contribution is 7.97. The number of rotatable bonds is 9. The topological polar surface area (TPSA) is 59.6 Å². The fourth-order valence-corrected chi connectivity index (χ4v) is 4.38. The van der Waals surface area contributed by atoms with Crippen molar-refractivity contribution < 1.29 is 14.3 Å². The van der Waals surface area contributed by atoms with Crippen molar-refractivity contribution in [1.29, 1.82) is 0 Å². The normalized spacial score (nSPS) is 17.2. The van der Waals surface area contributed by atoms with Gasteiger partial charge in [0.25, 0.3) is 0 Å². The number of halogens is 1. The molecule has 3 aromatic rings. The maximum absolute atomic E-state index is 12.9. The first-order valence-corrected chi connectivity index (χ1v) is 12.2. The third-order valence-electron chi connectivity index (χ3n) is 5.18. The molecule has 1 aliphatic heterocycles. The Bertz CT molecular complexity index is 1150. The van der Waals surface area contributed by atoms with Gasteiger partial charge in [-0.15, -0.1) is 0 Å². The third-order valence-corrected chi connectivity index (χ3v) is 6.23. The first kappa shape index (κ1) is 24.5. The van der Waals surface area contributed by atoms with Gasteiger partial charge < -0.3 is 14.8 Å². The molecule has 0 aliphatic carbocycles. The molecule has 1 saturated heterocycles. The summed E-state index contributed by atoms with van der Waals surface area (Å²) in [5.74, 6) is -0.607. The van der Waals surface area contributed by atoms with Crippen LogP contribution in [0.15, 0.2) is 83.8 Å². The van der Waals surface area contributed by atoms with E-state index in [9.17, 15) is 4.79 Å². The second kappa shape index (κ2) is 11.2. The van der Waals surface area contributed by atoms with E-state index in [0.29, 0.717) is 29.4 Å². The summed E-state index contributed by atoms with van der Waals surface area (Å²) in [5, 5.41) is 3.84. The average molecular weight is 495 g/mol. The molecule has 2 N–H and O–H groups in total. The average Bonchev–Trinajstić information content (AvgIpc) is 3.17. The summed E-state index contributed by atoms with van der Waals surface area (Å²) >= 11 is 7.72. The van der Waals surface area contributed by atoms with Crippen LogP contribution in [0.2, 0.25) is 5.02 Å². The molecule has 176 valence electrons. The van der Waals surface area contributed by atoms with Crippen molar-refractivity contribution in [2.45, 2.75) is 30.6 Å². The molecule has 0 aromatic heterocycles. The fraction of sp³-hybridized carbons (Fsp3) is 0.222. The molecule has 7 heteroatoms. The maximum Gasteiger partial charge on any atom is 0.187 e. The Labute approximate surface area is 209 Å². The largest absolute Gasteiger partial charge is 0.355 e. The van der Waals surface area contributed by atoms with Gasteiger partial charge in [-0.2, -0.15) is 0 Å². The molecular formula is C27H27ClN2O3S. The predicted octanol–water partition coefficient (Wildman–Crippen LogP) is 6.73. The summed E-state index contributed by atoms with van der Waals surface area (Å²) in [4.78, 5) is 14.0. The van der Waals surface area contributed by atoms with E-state index in [0.717, 1.165) is 16.1 Å². The Morgan fingerprint density at radius 2 is 1.88 bits per heavy atom. The third kappa shape index (κ3) is 6.95. The number of carbonyl (C=O) groups is 1. The molecule has 4 rings (SSSR count). The fourth-order valence-electron chi connectivity index (χ4n) is 3.50. The number of benzene rings is 3. The number of hydrogen-bond donors (Lipinski definition) is 2. The summed E-state index contributed by atoms with van der Waals surface area (Å²) in [6.45, 7) is 5.13. The lowest BCUT2D eigenvalue weighted by molar-refractivity contribution is -0.137. The summed E-state index contributed by atoms with van der Waals surface area (Å²) in [5.41, 5.74) is 3.06. The molecule has 0 radical (unpaired) electrons. The number of hydrogen-bond acceptors (Lipinski definition) is 6. The van der Waals surface area contributed by atoms with Gasteiger partial charge in [0.2, 0.25) is 0 Å². The van der Waals surface area contributed by atoms with Gasteiger partial charge >= 0.3 is 0 Å². The van der Waals surface area contributed by atoms with E-state index in [2.05, 4.69) is 10.0 Å². The standard InChI is InChI=1S/C27H27ClN2O3S/c1-27(2)32-18-22(33-27)17-29-34-23-12-8-19(9-13-23)10-15-26(31)24-14-11-20(28)16-25(24)30-21-6-4-3-5-7-21/h3-16,22,29-30H,17-18H2,1-2H3/b15-10+. The SMILES string of the molecule is CC1(C)OCC(CNSc2ccc(/C=C/C(=O)c3ccc(Cl)cc3Nc3ccccc3)cc2)O1. The number of carbonyl (C=O) groups excluding carboxylic acids is 1. The summed E-state index contributed by atoms with van der Waals surface area (Å²) in [7, 11) is 0. The Balaban J connectivity index is 1.34. The minimum absolute atomic E-state index is 0.0462.